The zero-order chi connectivity index (χ0) is 19.9. The van der Waals surface area contributed by atoms with Crippen molar-refractivity contribution in [3.63, 3.8) is 0 Å². The van der Waals surface area contributed by atoms with Gasteiger partial charge in [0.15, 0.2) is 17.8 Å². The number of nitrogens with zero attached hydrogens (tertiary/aromatic N) is 1. The van der Waals surface area contributed by atoms with Crippen LogP contribution in [0.1, 0.15) is 19.2 Å². The van der Waals surface area contributed by atoms with Crippen LogP contribution in [0.4, 0.5) is 5.69 Å². The standard InChI is InChI=1S/C21H19ClN2O4/c1-14(21(26)24-17-10-6-5-9-16(17)22)27-20(25)12-11-19-23-13-18(28-19)15-7-3-2-4-8-15/h2-10,13-14H,11-12H2,1H3,(H,24,26). The number of hydrogen-bond acceptors (Lipinski definition) is 5. The highest BCUT2D eigenvalue weighted by Crippen LogP contribution is 2.21. The molecule has 0 spiro atoms. The Kier molecular flexibility index (Phi) is 6.45. The molecule has 1 heterocycles. The van der Waals surface area contributed by atoms with E-state index in [1.54, 1.807) is 30.5 Å². The monoisotopic (exact) mass is 398 g/mol. The Hall–Kier alpha value is -3.12. The van der Waals surface area contributed by atoms with Crippen molar-refractivity contribution >= 4 is 29.2 Å². The number of para-hydroxylation sites is 1. The third kappa shape index (κ3) is 5.20. The SMILES string of the molecule is CC(OC(=O)CCc1ncc(-c2ccccc2)o1)C(=O)Nc1ccccc1Cl. The summed E-state index contributed by atoms with van der Waals surface area (Å²) in [5.74, 6) is 0.102. The van der Waals surface area contributed by atoms with Gasteiger partial charge in [-0.1, -0.05) is 54.1 Å². The van der Waals surface area contributed by atoms with Crippen molar-refractivity contribution < 1.29 is 18.7 Å². The molecule has 0 radical (unpaired) electrons. The van der Waals surface area contributed by atoms with Crippen molar-refractivity contribution in [2.24, 2.45) is 0 Å². The Morgan fingerprint density at radius 3 is 2.61 bits per heavy atom. The van der Waals surface area contributed by atoms with Crippen LogP contribution < -0.4 is 5.32 Å². The van der Waals surface area contributed by atoms with E-state index in [-0.39, 0.29) is 12.8 Å². The molecule has 0 saturated heterocycles. The van der Waals surface area contributed by atoms with Crippen LogP contribution in [0.15, 0.2) is 65.2 Å². The molecular weight excluding hydrogens is 380 g/mol. The number of halogens is 1. The van der Waals surface area contributed by atoms with Gasteiger partial charge in [0.2, 0.25) is 0 Å². The van der Waals surface area contributed by atoms with Crippen LogP contribution in [-0.2, 0) is 20.7 Å². The van der Waals surface area contributed by atoms with Gasteiger partial charge in [0, 0.05) is 12.0 Å². The smallest absolute Gasteiger partial charge is 0.307 e. The van der Waals surface area contributed by atoms with Gasteiger partial charge in [-0.3, -0.25) is 9.59 Å². The molecule has 0 saturated carbocycles. The Morgan fingerprint density at radius 1 is 1.14 bits per heavy atom. The molecule has 1 amide bonds. The van der Waals surface area contributed by atoms with E-state index < -0.39 is 18.0 Å². The van der Waals surface area contributed by atoms with Crippen LogP contribution in [0.25, 0.3) is 11.3 Å². The summed E-state index contributed by atoms with van der Waals surface area (Å²) in [4.78, 5) is 28.4. The number of aryl methyl sites for hydroxylation is 1. The van der Waals surface area contributed by atoms with Crippen LogP contribution >= 0.6 is 11.6 Å². The minimum absolute atomic E-state index is 0.0540. The topological polar surface area (TPSA) is 81.4 Å². The third-order valence-electron chi connectivity index (χ3n) is 3.96. The summed E-state index contributed by atoms with van der Waals surface area (Å²) in [5.41, 5.74) is 1.37. The summed E-state index contributed by atoms with van der Waals surface area (Å²) in [6.07, 6.45) is 1.01. The number of nitrogens with one attached hydrogen (secondary N) is 1. The Morgan fingerprint density at radius 2 is 1.86 bits per heavy atom. The summed E-state index contributed by atoms with van der Waals surface area (Å²) in [6, 6.07) is 16.4. The predicted octanol–water partition coefficient (Wildman–Crippen LogP) is 4.50. The fourth-order valence-electron chi connectivity index (χ4n) is 2.48. The fourth-order valence-corrected chi connectivity index (χ4v) is 2.66. The Bertz CT molecular complexity index is 956. The average molecular weight is 399 g/mol. The second-order valence-corrected chi connectivity index (χ2v) is 6.49. The molecule has 1 N–H and O–H groups in total. The molecule has 3 aromatic rings. The van der Waals surface area contributed by atoms with Gasteiger partial charge >= 0.3 is 5.97 Å². The minimum Gasteiger partial charge on any atom is -0.453 e. The number of rotatable bonds is 7. The molecule has 1 aromatic heterocycles. The molecule has 6 nitrogen and oxygen atoms in total. The molecule has 0 aliphatic heterocycles. The van der Waals surface area contributed by atoms with E-state index in [2.05, 4.69) is 10.3 Å². The summed E-state index contributed by atoms with van der Waals surface area (Å²) in [6.45, 7) is 1.50. The maximum Gasteiger partial charge on any atom is 0.307 e. The number of hydrogen-bond donors (Lipinski definition) is 1. The van der Waals surface area contributed by atoms with E-state index in [9.17, 15) is 9.59 Å². The van der Waals surface area contributed by atoms with E-state index in [0.717, 1.165) is 5.56 Å². The summed E-state index contributed by atoms with van der Waals surface area (Å²) < 4.78 is 10.8. The largest absolute Gasteiger partial charge is 0.453 e. The molecule has 1 unspecified atom stereocenters. The molecule has 0 bridgehead atoms. The second-order valence-electron chi connectivity index (χ2n) is 6.09. The number of amides is 1. The maximum atomic E-state index is 12.2. The fraction of sp³-hybridized carbons (Fsp3) is 0.190. The Balaban J connectivity index is 1.48. The number of carbonyl (C=O) groups is 2. The van der Waals surface area contributed by atoms with E-state index >= 15 is 0 Å². The highest BCUT2D eigenvalue weighted by molar-refractivity contribution is 6.33. The van der Waals surface area contributed by atoms with E-state index in [4.69, 9.17) is 20.8 Å². The number of oxazole rings is 1. The van der Waals surface area contributed by atoms with Crippen LogP contribution in [0.2, 0.25) is 5.02 Å². The van der Waals surface area contributed by atoms with E-state index in [1.807, 2.05) is 30.3 Å². The summed E-state index contributed by atoms with van der Waals surface area (Å²) in [7, 11) is 0. The van der Waals surface area contributed by atoms with Gasteiger partial charge < -0.3 is 14.5 Å². The maximum absolute atomic E-state index is 12.2. The minimum atomic E-state index is -0.951. The first kappa shape index (κ1) is 19.6. The molecule has 0 aliphatic rings. The van der Waals surface area contributed by atoms with Gasteiger partial charge in [0.1, 0.15) is 0 Å². The Labute approximate surface area is 167 Å². The van der Waals surface area contributed by atoms with Gasteiger partial charge in [0.05, 0.1) is 23.3 Å². The van der Waals surface area contributed by atoms with Crippen LogP contribution in [-0.4, -0.2) is 23.0 Å². The van der Waals surface area contributed by atoms with Crippen molar-refractivity contribution in [3.8, 4) is 11.3 Å². The van der Waals surface area contributed by atoms with Crippen molar-refractivity contribution in [3.05, 3.63) is 71.7 Å². The van der Waals surface area contributed by atoms with Crippen molar-refractivity contribution in [1.82, 2.24) is 4.98 Å². The molecule has 144 valence electrons. The number of carbonyl (C=O) groups excluding carboxylic acids is 2. The zero-order valence-electron chi connectivity index (χ0n) is 15.2. The lowest BCUT2D eigenvalue weighted by Crippen LogP contribution is -2.30. The number of benzene rings is 2. The molecule has 2 aromatic carbocycles. The lowest BCUT2D eigenvalue weighted by atomic mass is 10.2. The number of ether oxygens (including phenoxy) is 1. The lowest BCUT2D eigenvalue weighted by molar-refractivity contribution is -0.153. The van der Waals surface area contributed by atoms with Crippen LogP contribution in [0, 0.1) is 0 Å². The van der Waals surface area contributed by atoms with Crippen molar-refractivity contribution in [1.29, 1.82) is 0 Å². The third-order valence-corrected chi connectivity index (χ3v) is 4.29. The first-order valence-electron chi connectivity index (χ1n) is 8.78. The second kappa shape index (κ2) is 9.19. The molecular formula is C21H19ClN2O4. The lowest BCUT2D eigenvalue weighted by Gasteiger charge is -2.14. The zero-order valence-corrected chi connectivity index (χ0v) is 16.0. The van der Waals surface area contributed by atoms with Crippen molar-refractivity contribution in [2.75, 3.05) is 5.32 Å². The number of aromatic nitrogens is 1. The highest BCUT2D eigenvalue weighted by Gasteiger charge is 2.19. The molecule has 0 fully saturated rings. The van der Waals surface area contributed by atoms with Crippen LogP contribution in [0.3, 0.4) is 0 Å². The van der Waals surface area contributed by atoms with Crippen LogP contribution in [0.5, 0.6) is 0 Å². The first-order valence-corrected chi connectivity index (χ1v) is 9.15. The van der Waals surface area contributed by atoms with Gasteiger partial charge in [-0.05, 0) is 19.1 Å². The van der Waals surface area contributed by atoms with Gasteiger partial charge in [-0.25, -0.2) is 4.98 Å². The highest BCUT2D eigenvalue weighted by atomic mass is 35.5. The summed E-state index contributed by atoms with van der Waals surface area (Å²) in [5, 5.41) is 3.04. The predicted molar refractivity (Wildman–Crippen MR) is 106 cm³/mol. The normalized spacial score (nSPS) is 11.6. The average Bonchev–Trinajstić information content (AvgIpc) is 3.18. The first-order chi connectivity index (χ1) is 13.5. The quantitative estimate of drug-likeness (QED) is 0.592. The van der Waals surface area contributed by atoms with Gasteiger partial charge in [0.25, 0.3) is 5.91 Å². The van der Waals surface area contributed by atoms with E-state index in [0.29, 0.717) is 22.4 Å². The molecule has 0 aliphatic carbocycles. The van der Waals surface area contributed by atoms with E-state index in [1.165, 1.54) is 6.92 Å². The molecule has 7 heteroatoms. The number of esters is 1. The molecule has 28 heavy (non-hydrogen) atoms. The molecule has 1 atom stereocenters. The summed E-state index contributed by atoms with van der Waals surface area (Å²) >= 11 is 6.00. The van der Waals surface area contributed by atoms with Crippen molar-refractivity contribution in [2.45, 2.75) is 25.9 Å². The van der Waals surface area contributed by atoms with Gasteiger partial charge in [-0.15, -0.1) is 0 Å². The molecule has 3 rings (SSSR count). The number of anilines is 1. The van der Waals surface area contributed by atoms with Gasteiger partial charge in [-0.2, -0.15) is 0 Å².